The van der Waals surface area contributed by atoms with Gasteiger partial charge in [0, 0.05) is 36.4 Å². The lowest BCUT2D eigenvalue weighted by Crippen LogP contribution is -2.17. The molecule has 0 aliphatic heterocycles. The van der Waals surface area contributed by atoms with Gasteiger partial charge in [-0.3, -0.25) is 19.1 Å². The predicted octanol–water partition coefficient (Wildman–Crippen LogP) is 0.996. The summed E-state index contributed by atoms with van der Waals surface area (Å²) in [5, 5.41) is 2.69. The van der Waals surface area contributed by atoms with E-state index in [2.05, 4.69) is 10.3 Å². The minimum Gasteiger partial charge on any atom is -0.326 e. The van der Waals surface area contributed by atoms with Crippen LogP contribution in [0.3, 0.4) is 0 Å². The van der Waals surface area contributed by atoms with Gasteiger partial charge in [0.15, 0.2) is 0 Å². The molecule has 0 atom stereocenters. The average molecular weight is 335 g/mol. The van der Waals surface area contributed by atoms with Crippen molar-refractivity contribution in [3.63, 3.8) is 0 Å². The summed E-state index contributed by atoms with van der Waals surface area (Å²) in [5.74, 6) is -0.257. The van der Waals surface area contributed by atoms with Crippen molar-refractivity contribution in [2.45, 2.75) is 12.8 Å². The van der Waals surface area contributed by atoms with Crippen molar-refractivity contribution < 1.29 is 13.2 Å². The molecule has 1 N–H and O–H groups in total. The summed E-state index contributed by atoms with van der Waals surface area (Å²) in [6.45, 7) is 0. The Labute approximate surface area is 133 Å². The van der Waals surface area contributed by atoms with Crippen molar-refractivity contribution in [3.05, 3.63) is 53.2 Å². The van der Waals surface area contributed by atoms with Crippen molar-refractivity contribution >= 4 is 21.4 Å². The van der Waals surface area contributed by atoms with Crippen molar-refractivity contribution in [1.29, 1.82) is 0 Å². The zero-order valence-electron chi connectivity index (χ0n) is 12.6. The van der Waals surface area contributed by atoms with Crippen molar-refractivity contribution in [3.8, 4) is 5.69 Å². The molecule has 0 spiro atoms. The van der Waals surface area contributed by atoms with E-state index in [0.29, 0.717) is 11.4 Å². The number of anilines is 1. The van der Waals surface area contributed by atoms with E-state index in [1.54, 1.807) is 30.5 Å². The molecule has 1 heterocycles. The summed E-state index contributed by atoms with van der Waals surface area (Å²) < 4.78 is 23.4. The second-order valence-electron chi connectivity index (χ2n) is 5.11. The number of carbonyl (C=O) groups excluding carboxylic acids is 1. The van der Waals surface area contributed by atoms with Gasteiger partial charge in [0.05, 0.1) is 11.9 Å². The first kappa shape index (κ1) is 16.9. The third kappa shape index (κ3) is 5.33. The Morgan fingerprint density at radius 3 is 2.57 bits per heavy atom. The molecule has 2 rings (SSSR count). The van der Waals surface area contributed by atoms with E-state index in [1.165, 1.54) is 17.0 Å². The van der Waals surface area contributed by atoms with Gasteiger partial charge in [0.2, 0.25) is 5.91 Å². The highest BCUT2D eigenvalue weighted by molar-refractivity contribution is 7.90. The third-order valence-corrected chi connectivity index (χ3v) is 4.10. The quantitative estimate of drug-likeness (QED) is 0.849. The minimum atomic E-state index is -3.05. The molecule has 7 nitrogen and oxygen atoms in total. The highest BCUT2D eigenvalue weighted by Crippen LogP contribution is 2.12. The highest BCUT2D eigenvalue weighted by atomic mass is 32.2. The molecule has 0 aliphatic rings. The lowest BCUT2D eigenvalue weighted by Gasteiger charge is -2.08. The topological polar surface area (TPSA) is 98.1 Å². The van der Waals surface area contributed by atoms with E-state index in [0.717, 1.165) is 6.26 Å². The van der Waals surface area contributed by atoms with Gasteiger partial charge in [-0.1, -0.05) is 0 Å². The molecule has 1 aromatic heterocycles. The molecule has 122 valence electrons. The highest BCUT2D eigenvalue weighted by Gasteiger charge is 2.07. The number of rotatable bonds is 6. The van der Waals surface area contributed by atoms with Crippen molar-refractivity contribution in [1.82, 2.24) is 9.55 Å². The Balaban J connectivity index is 1.96. The first-order chi connectivity index (χ1) is 10.8. The van der Waals surface area contributed by atoms with Gasteiger partial charge in [-0.15, -0.1) is 0 Å². The first-order valence-electron chi connectivity index (χ1n) is 6.96. The van der Waals surface area contributed by atoms with Gasteiger partial charge in [-0.05, 0) is 30.7 Å². The molecule has 0 saturated heterocycles. The molecule has 0 aliphatic carbocycles. The van der Waals surface area contributed by atoms with E-state index in [-0.39, 0.29) is 30.1 Å². The van der Waals surface area contributed by atoms with Crippen LogP contribution in [0, 0.1) is 0 Å². The fourth-order valence-corrected chi connectivity index (χ4v) is 2.65. The van der Waals surface area contributed by atoms with E-state index in [4.69, 9.17) is 0 Å². The van der Waals surface area contributed by atoms with Gasteiger partial charge in [-0.2, -0.15) is 0 Å². The molecule has 0 bridgehead atoms. The van der Waals surface area contributed by atoms with E-state index in [9.17, 15) is 18.0 Å². The Morgan fingerprint density at radius 2 is 1.96 bits per heavy atom. The van der Waals surface area contributed by atoms with Crippen molar-refractivity contribution in [2.75, 3.05) is 17.3 Å². The standard InChI is InChI=1S/C15H17N3O4S/c1-23(21,22)10-2-3-14(19)17-12-4-6-13(7-5-12)18-9-8-16-11-15(18)20/h4-9,11H,2-3,10H2,1H3,(H,17,19). The molecule has 0 fully saturated rings. The van der Waals surface area contributed by atoms with Crippen LogP contribution < -0.4 is 10.9 Å². The van der Waals surface area contributed by atoms with Crippen LogP contribution in [0.2, 0.25) is 0 Å². The Hall–Kier alpha value is -2.48. The predicted molar refractivity (Wildman–Crippen MR) is 87.4 cm³/mol. The molecule has 1 amide bonds. The summed E-state index contributed by atoms with van der Waals surface area (Å²) >= 11 is 0. The van der Waals surface area contributed by atoms with E-state index in [1.807, 2.05) is 0 Å². The van der Waals surface area contributed by atoms with Crippen LogP contribution in [0.5, 0.6) is 0 Å². The zero-order chi connectivity index (χ0) is 16.9. The van der Waals surface area contributed by atoms with Crippen LogP contribution in [0.1, 0.15) is 12.8 Å². The lowest BCUT2D eigenvalue weighted by atomic mass is 10.2. The lowest BCUT2D eigenvalue weighted by molar-refractivity contribution is -0.116. The maximum absolute atomic E-state index is 11.7. The molecule has 1 aromatic carbocycles. The zero-order valence-corrected chi connectivity index (χ0v) is 13.4. The van der Waals surface area contributed by atoms with E-state index < -0.39 is 9.84 Å². The van der Waals surface area contributed by atoms with Crippen LogP contribution in [-0.4, -0.2) is 35.9 Å². The largest absolute Gasteiger partial charge is 0.326 e. The fourth-order valence-electron chi connectivity index (χ4n) is 1.98. The van der Waals surface area contributed by atoms with Crippen LogP contribution in [0.15, 0.2) is 47.7 Å². The first-order valence-corrected chi connectivity index (χ1v) is 9.02. The summed E-state index contributed by atoms with van der Waals surface area (Å²) in [5.41, 5.74) is 0.998. The SMILES string of the molecule is CS(=O)(=O)CCCC(=O)Nc1ccc(-n2ccncc2=O)cc1. The van der Waals surface area contributed by atoms with Gasteiger partial charge in [0.1, 0.15) is 9.84 Å². The molecule has 0 saturated carbocycles. The number of nitrogens with zero attached hydrogens (tertiary/aromatic N) is 2. The number of hydrogen-bond donors (Lipinski definition) is 1. The van der Waals surface area contributed by atoms with Crippen LogP contribution in [-0.2, 0) is 14.6 Å². The number of sulfone groups is 1. The Morgan fingerprint density at radius 1 is 1.26 bits per heavy atom. The Kier molecular flexibility index (Phi) is 5.28. The molecular formula is C15H17N3O4S. The summed E-state index contributed by atoms with van der Waals surface area (Å²) in [6.07, 6.45) is 5.86. The van der Waals surface area contributed by atoms with Crippen LogP contribution in [0.25, 0.3) is 5.69 Å². The number of aromatic nitrogens is 2. The Bertz CT molecular complexity index is 842. The summed E-state index contributed by atoms with van der Waals surface area (Å²) in [7, 11) is -3.05. The van der Waals surface area contributed by atoms with Gasteiger partial charge >= 0.3 is 0 Å². The molecule has 2 aromatic rings. The number of nitrogens with one attached hydrogen (secondary N) is 1. The smallest absolute Gasteiger partial charge is 0.273 e. The molecular weight excluding hydrogens is 318 g/mol. The molecule has 8 heteroatoms. The number of benzene rings is 1. The van der Waals surface area contributed by atoms with Crippen LogP contribution in [0.4, 0.5) is 5.69 Å². The molecule has 0 unspecified atom stereocenters. The van der Waals surface area contributed by atoms with Crippen molar-refractivity contribution in [2.24, 2.45) is 0 Å². The minimum absolute atomic E-state index is 0.00961. The summed E-state index contributed by atoms with van der Waals surface area (Å²) in [6, 6.07) is 6.76. The summed E-state index contributed by atoms with van der Waals surface area (Å²) in [4.78, 5) is 27.1. The second kappa shape index (κ2) is 7.19. The number of carbonyl (C=O) groups is 1. The second-order valence-corrected chi connectivity index (χ2v) is 7.37. The number of amides is 1. The maximum atomic E-state index is 11.7. The monoisotopic (exact) mass is 335 g/mol. The average Bonchev–Trinajstić information content (AvgIpc) is 2.47. The third-order valence-electron chi connectivity index (χ3n) is 3.07. The van der Waals surface area contributed by atoms with Gasteiger partial charge in [-0.25, -0.2) is 8.42 Å². The van der Waals surface area contributed by atoms with Gasteiger partial charge < -0.3 is 5.32 Å². The molecule has 23 heavy (non-hydrogen) atoms. The number of hydrogen-bond acceptors (Lipinski definition) is 5. The van der Waals surface area contributed by atoms with Gasteiger partial charge in [0.25, 0.3) is 5.56 Å². The van der Waals surface area contributed by atoms with E-state index >= 15 is 0 Å². The molecule has 0 radical (unpaired) electrons. The van der Waals surface area contributed by atoms with Crippen LogP contribution >= 0.6 is 0 Å². The maximum Gasteiger partial charge on any atom is 0.273 e. The normalized spacial score (nSPS) is 11.2. The fraction of sp³-hybridized carbons (Fsp3) is 0.267.